The van der Waals surface area contributed by atoms with Gasteiger partial charge in [0.05, 0.1) is 5.69 Å². The van der Waals surface area contributed by atoms with Crippen LogP contribution in [0.15, 0.2) is 6.20 Å². The van der Waals surface area contributed by atoms with Crippen molar-refractivity contribution < 1.29 is 4.79 Å². The quantitative estimate of drug-likeness (QED) is 0.639. The third-order valence-corrected chi connectivity index (χ3v) is 4.24. The zero-order valence-electron chi connectivity index (χ0n) is 10.0. The molecule has 1 amide bonds. The zero-order chi connectivity index (χ0) is 12.0. The van der Waals surface area contributed by atoms with Crippen LogP contribution in [0, 0.1) is 0 Å². The molecule has 0 bridgehead atoms. The first-order valence-corrected chi connectivity index (χ1v) is 6.17. The number of aromatic nitrogens is 1. The number of nitrogens with zero attached hydrogens (tertiary/aromatic N) is 1. The van der Waals surface area contributed by atoms with Crippen LogP contribution in [0.25, 0.3) is 0 Å². The molecule has 0 aromatic carbocycles. The number of fused-ring (bicyclic) bond motifs is 1. The molecule has 0 saturated heterocycles. The van der Waals surface area contributed by atoms with Crippen LogP contribution < -0.4 is 16.0 Å². The number of amides is 1. The second-order valence-electron chi connectivity index (χ2n) is 5.07. The molecule has 3 rings (SSSR count). The molecule has 1 aliphatic heterocycles. The van der Waals surface area contributed by atoms with Crippen LogP contribution in [0.4, 0.5) is 17.2 Å². The second kappa shape index (κ2) is 3.42. The molecular formula is C12H18N4O. The van der Waals surface area contributed by atoms with Crippen molar-refractivity contribution >= 4 is 23.1 Å². The van der Waals surface area contributed by atoms with Crippen molar-refractivity contribution in [1.29, 1.82) is 0 Å². The van der Waals surface area contributed by atoms with Crippen LogP contribution in [0.3, 0.4) is 0 Å². The molecule has 1 saturated carbocycles. The summed E-state index contributed by atoms with van der Waals surface area (Å²) in [6.07, 6.45) is 7.20. The molecule has 1 fully saturated rings. The molecule has 5 heteroatoms. The van der Waals surface area contributed by atoms with Crippen molar-refractivity contribution in [3.8, 4) is 0 Å². The molecule has 2 heterocycles. The van der Waals surface area contributed by atoms with Crippen molar-refractivity contribution in [2.75, 3.05) is 23.0 Å². The number of nitrogen functional groups attached to an aromatic ring is 1. The Morgan fingerprint density at radius 3 is 2.76 bits per heavy atom. The zero-order valence-corrected chi connectivity index (χ0v) is 10.0. The number of nitrogens with one attached hydrogen (secondary N) is 2. The van der Waals surface area contributed by atoms with Gasteiger partial charge in [0.15, 0.2) is 0 Å². The number of aromatic amines is 1. The number of hydrogen-bond donors (Lipinski definition) is 3. The first kappa shape index (κ1) is 10.5. The summed E-state index contributed by atoms with van der Waals surface area (Å²) < 4.78 is 0. The molecule has 1 aliphatic carbocycles. The van der Waals surface area contributed by atoms with Crippen molar-refractivity contribution in [2.24, 2.45) is 0 Å². The normalized spacial score (nSPS) is 22.4. The summed E-state index contributed by atoms with van der Waals surface area (Å²) in [5.41, 5.74) is 7.18. The molecule has 0 unspecified atom stereocenters. The minimum Gasteiger partial charge on any atom is -0.383 e. The Morgan fingerprint density at radius 1 is 1.35 bits per heavy atom. The van der Waals surface area contributed by atoms with Gasteiger partial charge in [-0.1, -0.05) is 19.3 Å². The van der Waals surface area contributed by atoms with Crippen molar-refractivity contribution in [3.05, 3.63) is 6.20 Å². The highest BCUT2D eigenvalue weighted by molar-refractivity contribution is 6.09. The smallest absolute Gasteiger partial charge is 0.250 e. The fraction of sp³-hybridized carbons (Fsp3) is 0.583. The summed E-state index contributed by atoms with van der Waals surface area (Å²) in [6, 6.07) is 0. The Labute approximate surface area is 100 Å². The maximum absolute atomic E-state index is 12.4. The van der Waals surface area contributed by atoms with E-state index in [0.29, 0.717) is 5.82 Å². The van der Waals surface area contributed by atoms with Crippen molar-refractivity contribution in [3.63, 3.8) is 0 Å². The molecule has 92 valence electrons. The molecule has 1 aromatic rings. The molecular weight excluding hydrogens is 216 g/mol. The molecule has 0 radical (unpaired) electrons. The summed E-state index contributed by atoms with van der Waals surface area (Å²) in [4.78, 5) is 17.5. The molecule has 2 aliphatic rings. The number of nitrogens with two attached hydrogens (primary N) is 1. The monoisotopic (exact) mass is 234 g/mol. The highest BCUT2D eigenvalue weighted by atomic mass is 16.2. The van der Waals surface area contributed by atoms with Gasteiger partial charge in [-0.2, -0.15) is 0 Å². The van der Waals surface area contributed by atoms with Crippen molar-refractivity contribution in [1.82, 2.24) is 4.98 Å². The number of carbonyl (C=O) groups is 1. The summed E-state index contributed by atoms with van der Waals surface area (Å²) in [7, 11) is 2.00. The molecule has 1 aromatic heterocycles. The standard InChI is InChI=1S/C12H18N4O/c1-16-8-7-14-10(13)9(8)15-11(17)12(16)5-3-2-4-6-12/h7,14H,2-6,13H2,1H3,(H,15,17). The SMILES string of the molecule is CN1c2c[nH]c(N)c2NC(=O)C12CCCCC2. The van der Waals surface area contributed by atoms with Gasteiger partial charge in [-0.05, 0) is 12.8 Å². The van der Waals surface area contributed by atoms with E-state index >= 15 is 0 Å². The highest BCUT2D eigenvalue weighted by Gasteiger charge is 2.47. The highest BCUT2D eigenvalue weighted by Crippen LogP contribution is 2.44. The van der Waals surface area contributed by atoms with Gasteiger partial charge in [0, 0.05) is 13.2 Å². The fourth-order valence-corrected chi connectivity index (χ4v) is 3.14. The number of hydrogen-bond acceptors (Lipinski definition) is 3. The lowest BCUT2D eigenvalue weighted by molar-refractivity contribution is -0.122. The lowest BCUT2D eigenvalue weighted by atomic mass is 9.78. The van der Waals surface area contributed by atoms with E-state index in [1.807, 2.05) is 13.2 Å². The van der Waals surface area contributed by atoms with E-state index in [1.165, 1.54) is 6.42 Å². The first-order valence-electron chi connectivity index (χ1n) is 6.17. The van der Waals surface area contributed by atoms with E-state index in [-0.39, 0.29) is 11.4 Å². The van der Waals surface area contributed by atoms with Gasteiger partial charge in [0.2, 0.25) is 5.91 Å². The summed E-state index contributed by atoms with van der Waals surface area (Å²) >= 11 is 0. The van der Waals surface area contributed by atoms with Crippen LogP contribution in [0.2, 0.25) is 0 Å². The van der Waals surface area contributed by atoms with Crippen LogP contribution >= 0.6 is 0 Å². The lowest BCUT2D eigenvalue weighted by Gasteiger charge is -2.47. The summed E-state index contributed by atoms with van der Waals surface area (Å²) in [6.45, 7) is 0. The predicted molar refractivity (Wildman–Crippen MR) is 68.1 cm³/mol. The fourth-order valence-electron chi connectivity index (χ4n) is 3.14. The maximum Gasteiger partial charge on any atom is 0.250 e. The minimum atomic E-state index is -0.361. The Balaban J connectivity index is 2.06. The average molecular weight is 234 g/mol. The third-order valence-electron chi connectivity index (χ3n) is 4.24. The molecule has 0 atom stereocenters. The molecule has 1 spiro atoms. The van der Waals surface area contributed by atoms with Crippen LogP contribution in [-0.4, -0.2) is 23.5 Å². The van der Waals surface area contributed by atoms with Gasteiger partial charge in [0.1, 0.15) is 17.0 Å². The Bertz CT molecular complexity index is 459. The van der Waals surface area contributed by atoms with Gasteiger partial charge in [-0.3, -0.25) is 4.79 Å². The van der Waals surface area contributed by atoms with Crippen LogP contribution in [-0.2, 0) is 4.79 Å². The van der Waals surface area contributed by atoms with E-state index in [1.54, 1.807) is 0 Å². The third kappa shape index (κ3) is 1.28. The lowest BCUT2D eigenvalue weighted by Crippen LogP contribution is -2.59. The van der Waals surface area contributed by atoms with E-state index in [0.717, 1.165) is 37.1 Å². The number of rotatable bonds is 0. The number of likely N-dealkylation sites (N-methyl/N-ethyl adjacent to an activating group) is 1. The molecule has 4 N–H and O–H groups in total. The maximum atomic E-state index is 12.4. The molecule has 17 heavy (non-hydrogen) atoms. The summed E-state index contributed by atoms with van der Waals surface area (Å²) in [5, 5.41) is 2.96. The van der Waals surface area contributed by atoms with Gasteiger partial charge < -0.3 is 20.9 Å². The Hall–Kier alpha value is -1.65. The Kier molecular flexibility index (Phi) is 2.11. The van der Waals surface area contributed by atoms with E-state index in [2.05, 4.69) is 15.2 Å². The number of carbonyl (C=O) groups excluding carboxylic acids is 1. The van der Waals surface area contributed by atoms with Gasteiger partial charge in [0.25, 0.3) is 0 Å². The van der Waals surface area contributed by atoms with Gasteiger partial charge in [-0.25, -0.2) is 0 Å². The van der Waals surface area contributed by atoms with Crippen molar-refractivity contribution in [2.45, 2.75) is 37.6 Å². The van der Waals surface area contributed by atoms with Gasteiger partial charge in [-0.15, -0.1) is 0 Å². The summed E-state index contributed by atoms with van der Waals surface area (Å²) in [5.74, 6) is 0.629. The first-order chi connectivity index (χ1) is 8.15. The minimum absolute atomic E-state index is 0.0958. The van der Waals surface area contributed by atoms with E-state index < -0.39 is 0 Å². The number of H-pyrrole nitrogens is 1. The topological polar surface area (TPSA) is 74.2 Å². The predicted octanol–water partition coefficient (Wildman–Crippen LogP) is 1.69. The van der Waals surface area contributed by atoms with E-state index in [9.17, 15) is 4.79 Å². The average Bonchev–Trinajstić information content (AvgIpc) is 2.70. The van der Waals surface area contributed by atoms with Crippen LogP contribution in [0.5, 0.6) is 0 Å². The van der Waals surface area contributed by atoms with E-state index in [4.69, 9.17) is 5.73 Å². The van der Waals surface area contributed by atoms with Crippen LogP contribution in [0.1, 0.15) is 32.1 Å². The molecule has 5 nitrogen and oxygen atoms in total. The number of anilines is 3. The second-order valence-corrected chi connectivity index (χ2v) is 5.07. The van der Waals surface area contributed by atoms with Gasteiger partial charge >= 0.3 is 0 Å². The largest absolute Gasteiger partial charge is 0.383 e. The Morgan fingerprint density at radius 2 is 2.06 bits per heavy atom.